The van der Waals surface area contributed by atoms with Crippen molar-refractivity contribution in [2.75, 3.05) is 5.32 Å². The van der Waals surface area contributed by atoms with E-state index >= 15 is 0 Å². The van der Waals surface area contributed by atoms with Crippen molar-refractivity contribution in [2.45, 2.75) is 26.7 Å². The Kier molecular flexibility index (Phi) is 3.89. The van der Waals surface area contributed by atoms with Gasteiger partial charge in [-0.25, -0.2) is 0 Å². The molecule has 24 heavy (non-hydrogen) atoms. The van der Waals surface area contributed by atoms with E-state index < -0.39 is 5.97 Å². The highest BCUT2D eigenvalue weighted by Gasteiger charge is 2.27. The molecule has 0 fully saturated rings. The summed E-state index contributed by atoms with van der Waals surface area (Å²) in [4.78, 5) is 26.2. The molecular weight excluding hydrogens is 308 g/mol. The third kappa shape index (κ3) is 2.67. The molecule has 1 aromatic heterocycles. The summed E-state index contributed by atoms with van der Waals surface area (Å²) in [6.07, 6.45) is 2.25. The molecule has 1 aliphatic rings. The number of phenolic OH excluding ortho intramolecular Hbond substituents is 1. The summed E-state index contributed by atoms with van der Waals surface area (Å²) < 4.78 is 0. The summed E-state index contributed by atoms with van der Waals surface area (Å²) in [6, 6.07) is 4.98. The van der Waals surface area contributed by atoms with Crippen molar-refractivity contribution in [3.63, 3.8) is 0 Å². The van der Waals surface area contributed by atoms with E-state index in [0.717, 1.165) is 22.5 Å². The van der Waals surface area contributed by atoms with Crippen molar-refractivity contribution in [3.8, 4) is 5.75 Å². The highest BCUT2D eigenvalue weighted by Crippen LogP contribution is 2.39. The molecule has 4 N–H and O–H groups in total. The first-order valence-corrected chi connectivity index (χ1v) is 7.63. The number of para-hydroxylation sites is 1. The van der Waals surface area contributed by atoms with Crippen LogP contribution in [-0.4, -0.2) is 27.1 Å². The molecule has 1 aromatic carbocycles. The van der Waals surface area contributed by atoms with Crippen LogP contribution < -0.4 is 5.32 Å². The molecule has 1 aliphatic heterocycles. The number of H-pyrrole nitrogens is 1. The van der Waals surface area contributed by atoms with Gasteiger partial charge < -0.3 is 20.5 Å². The maximum atomic E-state index is 12.2. The van der Waals surface area contributed by atoms with Crippen LogP contribution in [0.3, 0.4) is 0 Å². The molecule has 2 aromatic rings. The summed E-state index contributed by atoms with van der Waals surface area (Å²) in [5.41, 5.74) is 5.10. The number of hydrogen-bond acceptors (Lipinski definition) is 3. The number of aryl methyl sites for hydroxylation is 1. The minimum absolute atomic E-state index is 0.0331. The topological polar surface area (TPSA) is 102 Å². The molecule has 2 heterocycles. The Morgan fingerprint density at radius 3 is 2.75 bits per heavy atom. The fourth-order valence-electron chi connectivity index (χ4n) is 3.05. The lowest BCUT2D eigenvalue weighted by Gasteiger charge is -2.01. The number of aromatic nitrogens is 1. The SMILES string of the molecule is Cc1[nH]c(/C=C2\C(=O)Nc3c(O)cccc32)c(C)c1CCC(=O)O. The maximum Gasteiger partial charge on any atom is 0.303 e. The number of amides is 1. The zero-order valence-electron chi connectivity index (χ0n) is 13.4. The number of fused-ring (bicyclic) bond motifs is 1. The van der Waals surface area contributed by atoms with Crippen molar-refractivity contribution < 1.29 is 19.8 Å². The van der Waals surface area contributed by atoms with Crippen LogP contribution >= 0.6 is 0 Å². The third-order valence-electron chi connectivity index (χ3n) is 4.32. The fourth-order valence-corrected chi connectivity index (χ4v) is 3.05. The summed E-state index contributed by atoms with van der Waals surface area (Å²) in [7, 11) is 0. The van der Waals surface area contributed by atoms with Gasteiger partial charge in [0.2, 0.25) is 0 Å². The molecule has 3 rings (SSSR count). The van der Waals surface area contributed by atoms with E-state index in [4.69, 9.17) is 5.11 Å². The Labute approximate surface area is 138 Å². The molecule has 124 valence electrons. The summed E-state index contributed by atoms with van der Waals surface area (Å²) in [5, 5.41) is 21.4. The first-order chi connectivity index (χ1) is 11.4. The van der Waals surface area contributed by atoms with Crippen molar-refractivity contribution in [3.05, 3.63) is 46.3 Å². The lowest BCUT2D eigenvalue weighted by Crippen LogP contribution is -2.03. The van der Waals surface area contributed by atoms with E-state index in [1.165, 1.54) is 6.07 Å². The van der Waals surface area contributed by atoms with Crippen LogP contribution in [0.5, 0.6) is 5.75 Å². The number of rotatable bonds is 4. The highest BCUT2D eigenvalue weighted by molar-refractivity contribution is 6.35. The van der Waals surface area contributed by atoms with Crippen LogP contribution in [-0.2, 0) is 16.0 Å². The molecule has 0 saturated carbocycles. The number of aromatic amines is 1. The van der Waals surface area contributed by atoms with Gasteiger partial charge in [-0.2, -0.15) is 0 Å². The van der Waals surface area contributed by atoms with Gasteiger partial charge >= 0.3 is 5.97 Å². The smallest absolute Gasteiger partial charge is 0.303 e. The number of carbonyl (C=O) groups is 2. The largest absolute Gasteiger partial charge is 0.506 e. The third-order valence-corrected chi connectivity index (χ3v) is 4.32. The van der Waals surface area contributed by atoms with Gasteiger partial charge in [0, 0.05) is 23.4 Å². The lowest BCUT2D eigenvalue weighted by atomic mass is 10.0. The average Bonchev–Trinajstić information content (AvgIpc) is 2.97. The van der Waals surface area contributed by atoms with Crippen LogP contribution in [0.25, 0.3) is 11.6 Å². The summed E-state index contributed by atoms with van der Waals surface area (Å²) >= 11 is 0. The lowest BCUT2D eigenvalue weighted by molar-refractivity contribution is -0.137. The van der Waals surface area contributed by atoms with E-state index in [9.17, 15) is 14.7 Å². The Balaban J connectivity index is 2.01. The first-order valence-electron chi connectivity index (χ1n) is 7.63. The minimum Gasteiger partial charge on any atom is -0.506 e. The minimum atomic E-state index is -0.838. The predicted molar refractivity (Wildman–Crippen MR) is 90.8 cm³/mol. The monoisotopic (exact) mass is 326 g/mol. The van der Waals surface area contributed by atoms with Crippen molar-refractivity contribution in [1.29, 1.82) is 0 Å². The summed E-state index contributed by atoms with van der Waals surface area (Å²) in [5.74, 6) is -1.08. The molecule has 6 heteroatoms. The van der Waals surface area contributed by atoms with Crippen LogP contribution in [0.4, 0.5) is 5.69 Å². The van der Waals surface area contributed by atoms with Crippen molar-refractivity contribution in [2.24, 2.45) is 0 Å². The number of carboxylic acid groups (broad SMARTS) is 1. The quantitative estimate of drug-likeness (QED) is 0.512. The number of carbonyl (C=O) groups excluding carboxylic acids is 1. The van der Waals surface area contributed by atoms with Crippen LogP contribution in [0, 0.1) is 13.8 Å². The molecule has 1 amide bonds. The van der Waals surface area contributed by atoms with E-state index in [-0.39, 0.29) is 18.1 Å². The predicted octanol–water partition coefficient (Wildman–Crippen LogP) is 2.85. The first kappa shape index (κ1) is 15.9. The molecule has 0 radical (unpaired) electrons. The highest BCUT2D eigenvalue weighted by atomic mass is 16.4. The zero-order chi connectivity index (χ0) is 17.4. The number of hydrogen-bond donors (Lipinski definition) is 4. The van der Waals surface area contributed by atoms with Crippen LogP contribution in [0.2, 0.25) is 0 Å². The van der Waals surface area contributed by atoms with Crippen molar-refractivity contribution in [1.82, 2.24) is 4.98 Å². The van der Waals surface area contributed by atoms with Gasteiger partial charge in [0.05, 0.1) is 11.3 Å². The number of nitrogens with one attached hydrogen (secondary N) is 2. The molecule has 0 atom stereocenters. The van der Waals surface area contributed by atoms with Gasteiger partial charge in [-0.1, -0.05) is 12.1 Å². The average molecular weight is 326 g/mol. The van der Waals surface area contributed by atoms with E-state index in [0.29, 0.717) is 23.2 Å². The van der Waals surface area contributed by atoms with Gasteiger partial charge in [-0.15, -0.1) is 0 Å². The van der Waals surface area contributed by atoms with Crippen LogP contribution in [0.15, 0.2) is 18.2 Å². The van der Waals surface area contributed by atoms with E-state index in [1.54, 1.807) is 18.2 Å². The summed E-state index contributed by atoms with van der Waals surface area (Å²) in [6.45, 7) is 3.80. The second-order valence-electron chi connectivity index (χ2n) is 5.87. The zero-order valence-corrected chi connectivity index (χ0v) is 13.4. The number of anilines is 1. The second kappa shape index (κ2) is 5.88. The molecule has 0 bridgehead atoms. The van der Waals surface area contributed by atoms with Crippen molar-refractivity contribution >= 4 is 29.2 Å². The Morgan fingerprint density at radius 1 is 1.29 bits per heavy atom. The van der Waals surface area contributed by atoms with E-state index in [1.807, 2.05) is 13.8 Å². The molecule has 6 nitrogen and oxygen atoms in total. The molecule has 0 saturated heterocycles. The Bertz CT molecular complexity index is 877. The molecule has 0 aliphatic carbocycles. The molecular formula is C18H18N2O4. The van der Waals surface area contributed by atoms with Gasteiger partial charge in [0.25, 0.3) is 5.91 Å². The molecule has 0 spiro atoms. The maximum absolute atomic E-state index is 12.2. The fraction of sp³-hybridized carbons (Fsp3) is 0.222. The Hall–Kier alpha value is -3.02. The number of aliphatic carboxylic acids is 1. The van der Waals surface area contributed by atoms with Gasteiger partial charge in [0.15, 0.2) is 0 Å². The second-order valence-corrected chi connectivity index (χ2v) is 5.87. The number of aromatic hydroxyl groups is 1. The van der Waals surface area contributed by atoms with Gasteiger partial charge in [-0.3, -0.25) is 9.59 Å². The number of benzene rings is 1. The van der Waals surface area contributed by atoms with E-state index in [2.05, 4.69) is 10.3 Å². The molecule has 0 unspecified atom stereocenters. The number of carboxylic acids is 1. The standard InChI is InChI=1S/C18H18N2O4/c1-9-11(6-7-16(22)23)10(2)19-14(9)8-13-12-4-3-5-15(21)17(12)20-18(13)24/h3-5,8,19,21H,6-7H2,1-2H3,(H,20,24)(H,22,23)/b13-8-. The normalized spacial score (nSPS) is 14.8. The Morgan fingerprint density at radius 2 is 2.04 bits per heavy atom. The van der Waals surface area contributed by atoms with Gasteiger partial charge in [0.1, 0.15) is 5.75 Å². The van der Waals surface area contributed by atoms with Gasteiger partial charge in [-0.05, 0) is 43.5 Å². The number of phenols is 1. The van der Waals surface area contributed by atoms with Crippen LogP contribution in [0.1, 0.15) is 34.5 Å².